The lowest BCUT2D eigenvalue weighted by molar-refractivity contribution is 0.286. The number of benzene rings is 1. The molecule has 0 fully saturated rings. The van der Waals surface area contributed by atoms with Gasteiger partial charge < -0.3 is 5.32 Å². The Morgan fingerprint density at radius 2 is 1.96 bits per heavy atom. The molecular weight excluding hydrogens is 344 g/mol. The first-order valence-electron chi connectivity index (χ1n) is 9.51. The summed E-state index contributed by atoms with van der Waals surface area (Å²) in [4.78, 5) is 0. The van der Waals surface area contributed by atoms with Crippen LogP contribution in [0.25, 0.3) is 0 Å². The highest BCUT2D eigenvalue weighted by Crippen LogP contribution is 2.20. The summed E-state index contributed by atoms with van der Waals surface area (Å²) < 4.78 is 0. The second-order valence-electron chi connectivity index (χ2n) is 7.46. The maximum atomic E-state index is 6.10. The van der Waals surface area contributed by atoms with Crippen LogP contribution in [-0.4, -0.2) is 30.7 Å². The average molecular weight is 379 g/mol. The van der Waals surface area contributed by atoms with E-state index in [0.29, 0.717) is 11.8 Å². The summed E-state index contributed by atoms with van der Waals surface area (Å²) in [6.45, 7) is 13.9. The molecule has 0 spiro atoms. The molecule has 1 N–H and O–H groups in total. The molecule has 0 amide bonds. The Morgan fingerprint density at radius 1 is 1.27 bits per heavy atom. The minimum absolute atomic E-state index is 0.232. The summed E-state index contributed by atoms with van der Waals surface area (Å²) in [7, 11) is 1.98. The van der Waals surface area contributed by atoms with E-state index >= 15 is 0 Å². The highest BCUT2D eigenvalue weighted by Gasteiger charge is 2.15. The van der Waals surface area contributed by atoms with Gasteiger partial charge >= 0.3 is 0 Å². The van der Waals surface area contributed by atoms with Crippen LogP contribution in [0.5, 0.6) is 0 Å². The molecule has 5 heteroatoms. The van der Waals surface area contributed by atoms with Crippen LogP contribution in [0, 0.1) is 11.8 Å². The molecule has 1 aromatic rings. The van der Waals surface area contributed by atoms with Crippen molar-refractivity contribution in [3.05, 3.63) is 40.9 Å². The molecule has 1 rings (SSSR count). The summed E-state index contributed by atoms with van der Waals surface area (Å²) >= 11 is 6.10. The van der Waals surface area contributed by atoms with E-state index in [1.54, 1.807) is 0 Å². The van der Waals surface area contributed by atoms with E-state index in [2.05, 4.69) is 63.3 Å². The van der Waals surface area contributed by atoms with Crippen LogP contribution in [0.3, 0.4) is 0 Å². The van der Waals surface area contributed by atoms with E-state index < -0.39 is 0 Å². The number of allylic oxidation sites excluding steroid dienone is 1. The second-order valence-corrected chi connectivity index (χ2v) is 7.89. The molecule has 4 nitrogen and oxygen atoms in total. The lowest BCUT2D eigenvalue weighted by Gasteiger charge is -2.23. The zero-order chi connectivity index (χ0) is 19.7. The number of nitrogens with one attached hydrogen (secondary N) is 1. The third kappa shape index (κ3) is 7.77. The minimum Gasteiger partial charge on any atom is -0.378 e. The number of hydrogen-bond acceptors (Lipinski definition) is 3. The number of anilines is 1. The predicted molar refractivity (Wildman–Crippen MR) is 114 cm³/mol. The zero-order valence-electron chi connectivity index (χ0n) is 17.3. The Kier molecular flexibility index (Phi) is 9.71. The minimum atomic E-state index is 0.232. The van der Waals surface area contributed by atoms with Crippen molar-refractivity contribution in [2.24, 2.45) is 22.2 Å². The van der Waals surface area contributed by atoms with Gasteiger partial charge in [-0.2, -0.15) is 5.11 Å². The Labute approximate surface area is 164 Å². The maximum Gasteiger partial charge on any atom is 0.0729 e. The third-order valence-corrected chi connectivity index (χ3v) is 5.35. The topological polar surface area (TPSA) is 40.0 Å². The SMILES string of the molecule is C/C=C(\C)C(CCN(C)N=N[C@H](C)C(C)C(C)C)Nc1cccc(Cl)c1. The molecule has 0 saturated heterocycles. The van der Waals surface area contributed by atoms with E-state index in [-0.39, 0.29) is 12.1 Å². The average Bonchev–Trinajstić information content (AvgIpc) is 2.61. The van der Waals surface area contributed by atoms with Crippen molar-refractivity contribution in [3.63, 3.8) is 0 Å². The standard InChI is InChI=1S/C21H35ClN4/c1-8-16(4)21(23-20-11-9-10-19(22)14-20)12-13-26(7)25-24-18(6)17(5)15(2)3/h8-11,14-15,17-18,21,23H,12-13H2,1-7H3/b16-8+,25-24?/t17?,18-,21?/m1/s1. The quantitative estimate of drug-likeness (QED) is 0.288. The summed E-state index contributed by atoms with van der Waals surface area (Å²) in [6.07, 6.45) is 3.09. The van der Waals surface area contributed by atoms with Crippen molar-refractivity contribution in [2.45, 2.75) is 60.0 Å². The van der Waals surface area contributed by atoms with Gasteiger partial charge in [0.05, 0.1) is 6.04 Å². The summed E-state index contributed by atoms with van der Waals surface area (Å²) in [5, 5.41) is 15.1. The Morgan fingerprint density at radius 3 is 2.54 bits per heavy atom. The molecule has 146 valence electrons. The number of nitrogens with zero attached hydrogens (tertiary/aromatic N) is 3. The van der Waals surface area contributed by atoms with Crippen LogP contribution in [0.1, 0.15) is 48.0 Å². The van der Waals surface area contributed by atoms with Crippen molar-refractivity contribution in [1.82, 2.24) is 5.01 Å². The van der Waals surface area contributed by atoms with E-state index in [0.717, 1.165) is 23.7 Å². The summed E-state index contributed by atoms with van der Waals surface area (Å²) in [5.41, 5.74) is 2.34. The normalized spacial score (nSPS) is 16.0. The van der Waals surface area contributed by atoms with Crippen molar-refractivity contribution >= 4 is 17.3 Å². The molecule has 0 aliphatic rings. The lowest BCUT2D eigenvalue weighted by Crippen LogP contribution is -2.26. The van der Waals surface area contributed by atoms with Crippen LogP contribution < -0.4 is 5.32 Å². The lowest BCUT2D eigenvalue weighted by atomic mass is 9.92. The summed E-state index contributed by atoms with van der Waals surface area (Å²) in [6, 6.07) is 8.32. The largest absolute Gasteiger partial charge is 0.378 e. The van der Waals surface area contributed by atoms with E-state index in [9.17, 15) is 0 Å². The van der Waals surface area contributed by atoms with Gasteiger partial charge in [-0.25, -0.2) is 0 Å². The zero-order valence-corrected chi connectivity index (χ0v) is 18.1. The van der Waals surface area contributed by atoms with Crippen LogP contribution >= 0.6 is 11.6 Å². The molecule has 0 saturated carbocycles. The molecule has 0 bridgehead atoms. The fraction of sp³-hybridized carbons (Fsp3) is 0.619. The number of hydrogen-bond donors (Lipinski definition) is 1. The van der Waals surface area contributed by atoms with Crippen molar-refractivity contribution in [2.75, 3.05) is 18.9 Å². The predicted octanol–water partition coefficient (Wildman–Crippen LogP) is 6.46. The molecule has 0 aromatic heterocycles. The van der Waals surface area contributed by atoms with Crippen LogP contribution in [0.15, 0.2) is 46.3 Å². The van der Waals surface area contributed by atoms with Gasteiger partial charge in [0, 0.05) is 30.3 Å². The first-order valence-corrected chi connectivity index (χ1v) is 9.89. The number of rotatable bonds is 10. The highest BCUT2D eigenvalue weighted by molar-refractivity contribution is 6.30. The van der Waals surface area contributed by atoms with Gasteiger partial charge in [0.2, 0.25) is 0 Å². The molecular formula is C21H35ClN4. The first-order chi connectivity index (χ1) is 12.2. The van der Waals surface area contributed by atoms with Gasteiger partial charge in [0.25, 0.3) is 0 Å². The highest BCUT2D eigenvalue weighted by atomic mass is 35.5. The molecule has 26 heavy (non-hydrogen) atoms. The monoisotopic (exact) mass is 378 g/mol. The first kappa shape index (κ1) is 22.5. The van der Waals surface area contributed by atoms with Gasteiger partial charge in [-0.1, -0.05) is 55.3 Å². The molecule has 0 heterocycles. The smallest absolute Gasteiger partial charge is 0.0729 e. The van der Waals surface area contributed by atoms with Crippen LogP contribution in [-0.2, 0) is 0 Å². The van der Waals surface area contributed by atoms with Gasteiger partial charge in [-0.3, -0.25) is 5.01 Å². The fourth-order valence-corrected chi connectivity index (χ4v) is 2.78. The van der Waals surface area contributed by atoms with Gasteiger partial charge in [-0.05, 0) is 57.2 Å². The van der Waals surface area contributed by atoms with Crippen LogP contribution in [0.2, 0.25) is 5.02 Å². The second kappa shape index (κ2) is 11.2. The molecule has 0 radical (unpaired) electrons. The fourth-order valence-electron chi connectivity index (χ4n) is 2.59. The van der Waals surface area contributed by atoms with Gasteiger partial charge in [-0.15, -0.1) is 0 Å². The molecule has 0 aliphatic heterocycles. The molecule has 2 unspecified atom stereocenters. The van der Waals surface area contributed by atoms with E-state index in [1.165, 1.54) is 5.57 Å². The molecule has 1 aromatic carbocycles. The molecule has 3 atom stereocenters. The van der Waals surface area contributed by atoms with Crippen molar-refractivity contribution in [3.8, 4) is 0 Å². The van der Waals surface area contributed by atoms with Gasteiger partial charge in [0.15, 0.2) is 0 Å². The van der Waals surface area contributed by atoms with E-state index in [4.69, 9.17) is 11.6 Å². The maximum absolute atomic E-state index is 6.10. The van der Waals surface area contributed by atoms with Crippen molar-refractivity contribution in [1.29, 1.82) is 0 Å². The van der Waals surface area contributed by atoms with E-state index in [1.807, 2.05) is 36.3 Å². The Bertz CT molecular complexity index is 597. The van der Waals surface area contributed by atoms with Crippen molar-refractivity contribution < 1.29 is 0 Å². The number of halogens is 1. The van der Waals surface area contributed by atoms with Crippen LogP contribution in [0.4, 0.5) is 5.69 Å². The summed E-state index contributed by atoms with van der Waals surface area (Å²) in [5.74, 6) is 1.13. The van der Waals surface area contributed by atoms with Gasteiger partial charge in [0.1, 0.15) is 0 Å². The Balaban J connectivity index is 2.63. The Hall–Kier alpha value is -1.55. The third-order valence-electron chi connectivity index (χ3n) is 5.11. The molecule has 0 aliphatic carbocycles.